The van der Waals surface area contributed by atoms with Crippen LogP contribution >= 0.6 is 0 Å². The Hall–Kier alpha value is -3.56. The number of benzene rings is 1. The molecule has 0 spiro atoms. The van der Waals surface area contributed by atoms with Crippen LogP contribution < -0.4 is 11.4 Å². The Balaban J connectivity index is 1.93. The first-order valence-electron chi connectivity index (χ1n) is 10.2. The van der Waals surface area contributed by atoms with Gasteiger partial charge in [-0.2, -0.15) is 0 Å². The SMILES string of the molecule is Cc1nc(C(N)=O)c2c(n1)n(-c1ccccc1F)c(=O)n2CC(=O)N1CCCCCC1. The number of fused-ring (bicyclic) bond motifs is 1. The molecule has 0 bridgehead atoms. The van der Waals surface area contributed by atoms with Crippen molar-refractivity contribution < 1.29 is 14.0 Å². The van der Waals surface area contributed by atoms with E-state index in [-0.39, 0.29) is 40.8 Å². The predicted molar refractivity (Wildman–Crippen MR) is 111 cm³/mol. The number of hydrogen-bond acceptors (Lipinski definition) is 5. The number of rotatable bonds is 4. The van der Waals surface area contributed by atoms with Crippen molar-refractivity contribution in [2.75, 3.05) is 13.1 Å². The number of likely N-dealkylation sites (tertiary alicyclic amines) is 1. The summed E-state index contributed by atoms with van der Waals surface area (Å²) in [7, 11) is 0. The molecule has 2 amide bonds. The maximum Gasteiger partial charge on any atom is 0.335 e. The molecule has 0 aliphatic carbocycles. The molecule has 162 valence electrons. The van der Waals surface area contributed by atoms with E-state index in [0.717, 1.165) is 34.8 Å². The Kier molecular flexibility index (Phi) is 5.53. The fourth-order valence-electron chi connectivity index (χ4n) is 3.99. The minimum Gasteiger partial charge on any atom is -0.364 e. The molecule has 0 radical (unpaired) electrons. The van der Waals surface area contributed by atoms with Gasteiger partial charge in [-0.1, -0.05) is 25.0 Å². The van der Waals surface area contributed by atoms with Gasteiger partial charge in [-0.05, 0) is 31.9 Å². The molecule has 2 aromatic heterocycles. The molecule has 1 aromatic carbocycles. The average Bonchev–Trinajstić information content (AvgIpc) is 2.92. The third-order valence-electron chi connectivity index (χ3n) is 5.46. The monoisotopic (exact) mass is 426 g/mol. The van der Waals surface area contributed by atoms with Crippen LogP contribution in [-0.2, 0) is 11.3 Å². The zero-order valence-electron chi connectivity index (χ0n) is 17.2. The summed E-state index contributed by atoms with van der Waals surface area (Å²) in [4.78, 5) is 48.6. The fraction of sp³-hybridized carbons (Fsp3) is 0.381. The lowest BCUT2D eigenvalue weighted by Crippen LogP contribution is -2.37. The lowest BCUT2D eigenvalue weighted by atomic mass is 10.2. The highest BCUT2D eigenvalue weighted by Gasteiger charge is 2.26. The normalized spacial score (nSPS) is 14.6. The standard InChI is InChI=1S/C21H23FN6O3/c1-13-24-17(19(23)30)18-20(25-13)28(15-9-5-4-8-14(15)22)21(31)27(18)12-16(29)26-10-6-2-3-7-11-26/h4-5,8-9H,2-3,6-7,10-12H2,1H3,(H2,23,30). The summed E-state index contributed by atoms with van der Waals surface area (Å²) < 4.78 is 16.7. The number of carbonyl (C=O) groups excluding carboxylic acids is 2. The van der Waals surface area contributed by atoms with Gasteiger partial charge in [-0.15, -0.1) is 0 Å². The summed E-state index contributed by atoms with van der Waals surface area (Å²) in [6.45, 7) is 2.45. The molecule has 2 N–H and O–H groups in total. The lowest BCUT2D eigenvalue weighted by Gasteiger charge is -2.20. The number of nitrogens with zero attached hydrogens (tertiary/aromatic N) is 5. The molecule has 1 fully saturated rings. The molecule has 0 saturated carbocycles. The van der Waals surface area contributed by atoms with Crippen LogP contribution in [0.25, 0.3) is 16.9 Å². The highest BCUT2D eigenvalue weighted by molar-refractivity contribution is 6.02. The largest absolute Gasteiger partial charge is 0.364 e. The second-order valence-corrected chi connectivity index (χ2v) is 7.61. The van der Waals surface area contributed by atoms with Crippen molar-refractivity contribution in [3.8, 4) is 5.69 Å². The smallest absolute Gasteiger partial charge is 0.335 e. The number of nitrogens with two attached hydrogens (primary N) is 1. The number of carbonyl (C=O) groups is 2. The molecule has 31 heavy (non-hydrogen) atoms. The van der Waals surface area contributed by atoms with E-state index < -0.39 is 17.4 Å². The van der Waals surface area contributed by atoms with Crippen molar-refractivity contribution in [3.05, 3.63) is 52.1 Å². The molecule has 1 aliphatic rings. The molecule has 10 heteroatoms. The van der Waals surface area contributed by atoms with Crippen molar-refractivity contribution in [1.29, 1.82) is 0 Å². The lowest BCUT2D eigenvalue weighted by molar-refractivity contribution is -0.131. The number of primary amides is 1. The van der Waals surface area contributed by atoms with Gasteiger partial charge in [0, 0.05) is 13.1 Å². The minimum absolute atomic E-state index is 0.0227. The van der Waals surface area contributed by atoms with Crippen LogP contribution in [-0.4, -0.2) is 48.9 Å². The molecular formula is C21H23FN6O3. The van der Waals surface area contributed by atoms with Crippen molar-refractivity contribution in [2.45, 2.75) is 39.2 Å². The Labute approximate surface area is 177 Å². The van der Waals surface area contributed by atoms with Gasteiger partial charge in [-0.25, -0.2) is 23.7 Å². The van der Waals surface area contributed by atoms with E-state index in [1.807, 2.05) is 0 Å². The quantitative estimate of drug-likeness (QED) is 0.679. The topological polar surface area (TPSA) is 116 Å². The Morgan fingerprint density at radius 2 is 1.77 bits per heavy atom. The number of aromatic nitrogens is 4. The molecule has 3 heterocycles. The van der Waals surface area contributed by atoms with E-state index in [4.69, 9.17) is 5.73 Å². The van der Waals surface area contributed by atoms with Gasteiger partial charge in [0.25, 0.3) is 5.91 Å². The van der Waals surface area contributed by atoms with E-state index in [9.17, 15) is 18.8 Å². The first kappa shape index (κ1) is 20.7. The van der Waals surface area contributed by atoms with Crippen molar-refractivity contribution in [1.82, 2.24) is 24.0 Å². The third-order valence-corrected chi connectivity index (χ3v) is 5.46. The Bertz CT molecular complexity index is 1220. The summed E-state index contributed by atoms with van der Waals surface area (Å²) >= 11 is 0. The number of hydrogen-bond donors (Lipinski definition) is 1. The fourth-order valence-corrected chi connectivity index (χ4v) is 3.99. The summed E-state index contributed by atoms with van der Waals surface area (Å²) in [6.07, 6.45) is 3.89. The summed E-state index contributed by atoms with van der Waals surface area (Å²) in [5, 5.41) is 0. The van der Waals surface area contributed by atoms with Crippen molar-refractivity contribution in [2.24, 2.45) is 5.73 Å². The van der Waals surface area contributed by atoms with Crippen LogP contribution in [0.4, 0.5) is 4.39 Å². The maximum atomic E-state index is 14.6. The average molecular weight is 426 g/mol. The number of imidazole rings is 1. The minimum atomic E-state index is -0.864. The van der Waals surface area contributed by atoms with E-state index in [1.54, 1.807) is 17.9 Å². The van der Waals surface area contributed by atoms with Gasteiger partial charge in [0.15, 0.2) is 11.3 Å². The van der Waals surface area contributed by atoms with Crippen LogP contribution in [0.1, 0.15) is 42.0 Å². The zero-order valence-corrected chi connectivity index (χ0v) is 17.2. The molecular weight excluding hydrogens is 403 g/mol. The predicted octanol–water partition coefficient (Wildman–Crippen LogP) is 1.53. The molecule has 1 saturated heterocycles. The Morgan fingerprint density at radius 3 is 2.42 bits per heavy atom. The highest BCUT2D eigenvalue weighted by atomic mass is 19.1. The summed E-state index contributed by atoms with van der Waals surface area (Å²) in [5.74, 6) is -1.56. The van der Waals surface area contributed by atoms with Gasteiger partial charge in [0.1, 0.15) is 23.7 Å². The van der Waals surface area contributed by atoms with Crippen LogP contribution in [0.5, 0.6) is 0 Å². The van der Waals surface area contributed by atoms with Gasteiger partial charge in [0.05, 0.1) is 5.69 Å². The molecule has 3 aromatic rings. The summed E-state index contributed by atoms with van der Waals surface area (Å²) in [5.41, 5.74) is 4.66. The first-order chi connectivity index (χ1) is 14.9. The zero-order chi connectivity index (χ0) is 22.1. The van der Waals surface area contributed by atoms with Crippen LogP contribution in [0.15, 0.2) is 29.1 Å². The van der Waals surface area contributed by atoms with Crippen molar-refractivity contribution in [3.63, 3.8) is 0 Å². The first-order valence-corrected chi connectivity index (χ1v) is 10.2. The second-order valence-electron chi connectivity index (χ2n) is 7.61. The Morgan fingerprint density at radius 1 is 1.10 bits per heavy atom. The van der Waals surface area contributed by atoms with Crippen LogP contribution in [0.2, 0.25) is 0 Å². The van der Waals surface area contributed by atoms with Crippen molar-refractivity contribution >= 4 is 23.0 Å². The third kappa shape index (κ3) is 3.80. The van der Waals surface area contributed by atoms with E-state index in [1.165, 1.54) is 18.2 Å². The van der Waals surface area contributed by atoms with Crippen LogP contribution in [0.3, 0.4) is 0 Å². The number of halogens is 1. The number of para-hydroxylation sites is 1. The summed E-state index contributed by atoms with van der Waals surface area (Å²) in [6, 6.07) is 5.73. The van der Waals surface area contributed by atoms with E-state index >= 15 is 0 Å². The van der Waals surface area contributed by atoms with E-state index in [0.29, 0.717) is 13.1 Å². The van der Waals surface area contributed by atoms with E-state index in [2.05, 4.69) is 9.97 Å². The highest BCUT2D eigenvalue weighted by Crippen LogP contribution is 2.21. The second kappa shape index (κ2) is 8.29. The number of aryl methyl sites for hydroxylation is 1. The van der Waals surface area contributed by atoms with Gasteiger partial charge in [0.2, 0.25) is 5.91 Å². The number of amides is 2. The van der Waals surface area contributed by atoms with Gasteiger partial charge in [-0.3, -0.25) is 14.2 Å². The molecule has 4 rings (SSSR count). The molecule has 1 aliphatic heterocycles. The molecule has 9 nitrogen and oxygen atoms in total. The molecule has 0 unspecified atom stereocenters. The maximum absolute atomic E-state index is 14.6. The van der Waals surface area contributed by atoms with Crippen LogP contribution in [0, 0.1) is 12.7 Å². The van der Waals surface area contributed by atoms with Gasteiger partial charge >= 0.3 is 5.69 Å². The molecule has 0 atom stereocenters. The van der Waals surface area contributed by atoms with Gasteiger partial charge < -0.3 is 10.6 Å².